The maximum absolute atomic E-state index is 12.6. The normalized spacial score (nSPS) is 16.4. The highest BCUT2D eigenvalue weighted by molar-refractivity contribution is 5.88. The molecule has 6 heteroatoms. The van der Waals surface area contributed by atoms with Crippen LogP contribution in [0.25, 0.3) is 11.0 Å². The number of ether oxygens (including phenoxy) is 1. The molecule has 21 heavy (non-hydrogen) atoms. The van der Waals surface area contributed by atoms with Crippen LogP contribution in [0.15, 0.2) is 18.2 Å². The monoisotopic (exact) mass is 288 g/mol. The SMILES string of the molecule is COc1cccc2c1nc(N)n2C(C)C(=O)N1CCCC1. The molecule has 2 heterocycles. The lowest BCUT2D eigenvalue weighted by molar-refractivity contribution is -0.133. The Morgan fingerprint density at radius 1 is 1.38 bits per heavy atom. The molecule has 1 aromatic carbocycles. The molecule has 112 valence electrons. The van der Waals surface area contributed by atoms with Gasteiger partial charge >= 0.3 is 0 Å². The van der Waals surface area contributed by atoms with E-state index in [-0.39, 0.29) is 11.9 Å². The predicted octanol–water partition coefficient (Wildman–Crippen LogP) is 1.81. The van der Waals surface area contributed by atoms with Gasteiger partial charge in [0.1, 0.15) is 17.3 Å². The van der Waals surface area contributed by atoms with E-state index in [4.69, 9.17) is 10.5 Å². The molecular weight excluding hydrogens is 268 g/mol. The van der Waals surface area contributed by atoms with Crippen LogP contribution in [0.2, 0.25) is 0 Å². The number of para-hydroxylation sites is 1. The molecule has 0 aliphatic carbocycles. The van der Waals surface area contributed by atoms with Crippen molar-refractivity contribution in [3.8, 4) is 5.75 Å². The number of amides is 1. The number of benzene rings is 1. The maximum Gasteiger partial charge on any atom is 0.245 e. The summed E-state index contributed by atoms with van der Waals surface area (Å²) in [6, 6.07) is 5.27. The average molecular weight is 288 g/mol. The standard InChI is InChI=1S/C15H20N4O2/c1-10(14(20)18-8-3-4-9-18)19-11-6-5-7-12(21-2)13(11)17-15(19)16/h5-7,10H,3-4,8-9H2,1-2H3,(H2,16,17). The van der Waals surface area contributed by atoms with Crippen LogP contribution in [-0.4, -0.2) is 40.6 Å². The van der Waals surface area contributed by atoms with E-state index in [1.807, 2.05) is 30.0 Å². The molecule has 1 atom stereocenters. The van der Waals surface area contributed by atoms with Gasteiger partial charge in [-0.3, -0.25) is 9.36 Å². The fourth-order valence-corrected chi connectivity index (χ4v) is 2.99. The third-order valence-electron chi connectivity index (χ3n) is 4.09. The summed E-state index contributed by atoms with van der Waals surface area (Å²) in [4.78, 5) is 18.8. The second-order valence-electron chi connectivity index (χ2n) is 5.38. The molecule has 1 aromatic heterocycles. The Morgan fingerprint density at radius 2 is 2.10 bits per heavy atom. The zero-order valence-electron chi connectivity index (χ0n) is 12.4. The number of nitrogen functional groups attached to an aromatic ring is 1. The van der Waals surface area contributed by atoms with Crippen LogP contribution in [0.4, 0.5) is 5.95 Å². The molecule has 1 unspecified atom stereocenters. The Kier molecular flexibility index (Phi) is 3.45. The highest BCUT2D eigenvalue weighted by atomic mass is 16.5. The topological polar surface area (TPSA) is 73.4 Å². The Bertz CT molecular complexity index is 674. The second kappa shape index (κ2) is 5.27. The first-order valence-electron chi connectivity index (χ1n) is 7.22. The number of hydrogen-bond donors (Lipinski definition) is 1. The second-order valence-corrected chi connectivity index (χ2v) is 5.38. The van der Waals surface area contributed by atoms with Crippen molar-refractivity contribution in [2.24, 2.45) is 0 Å². The summed E-state index contributed by atoms with van der Waals surface area (Å²) in [5, 5.41) is 0. The van der Waals surface area contributed by atoms with Gasteiger partial charge in [0.2, 0.25) is 11.9 Å². The van der Waals surface area contributed by atoms with E-state index < -0.39 is 0 Å². The van der Waals surface area contributed by atoms with E-state index in [1.165, 1.54) is 0 Å². The largest absolute Gasteiger partial charge is 0.494 e. The number of rotatable bonds is 3. The van der Waals surface area contributed by atoms with Gasteiger partial charge in [0.15, 0.2) is 0 Å². The minimum atomic E-state index is -0.361. The minimum Gasteiger partial charge on any atom is -0.494 e. The van der Waals surface area contributed by atoms with E-state index in [2.05, 4.69) is 4.98 Å². The van der Waals surface area contributed by atoms with Crippen LogP contribution in [0.3, 0.4) is 0 Å². The number of carbonyl (C=O) groups is 1. The van der Waals surface area contributed by atoms with E-state index in [0.717, 1.165) is 31.4 Å². The Balaban J connectivity index is 2.03. The molecule has 1 fully saturated rings. The third kappa shape index (κ3) is 2.20. The minimum absolute atomic E-state index is 0.0984. The number of carbonyl (C=O) groups excluding carboxylic acids is 1. The number of hydrogen-bond acceptors (Lipinski definition) is 4. The van der Waals surface area contributed by atoms with Crippen molar-refractivity contribution >= 4 is 22.9 Å². The molecule has 1 saturated heterocycles. The van der Waals surface area contributed by atoms with Gasteiger partial charge in [-0.05, 0) is 31.9 Å². The lowest BCUT2D eigenvalue weighted by atomic mass is 10.2. The Hall–Kier alpha value is -2.24. The quantitative estimate of drug-likeness (QED) is 0.934. The van der Waals surface area contributed by atoms with Crippen molar-refractivity contribution in [2.45, 2.75) is 25.8 Å². The Morgan fingerprint density at radius 3 is 2.76 bits per heavy atom. The molecule has 6 nitrogen and oxygen atoms in total. The van der Waals surface area contributed by atoms with Crippen molar-refractivity contribution in [2.75, 3.05) is 25.9 Å². The summed E-state index contributed by atoms with van der Waals surface area (Å²) in [7, 11) is 1.60. The van der Waals surface area contributed by atoms with Crippen molar-refractivity contribution in [3.63, 3.8) is 0 Å². The van der Waals surface area contributed by atoms with Crippen LogP contribution in [-0.2, 0) is 4.79 Å². The van der Waals surface area contributed by atoms with Gasteiger partial charge in [-0.25, -0.2) is 4.98 Å². The number of nitrogens with two attached hydrogens (primary N) is 1. The zero-order chi connectivity index (χ0) is 15.0. The van der Waals surface area contributed by atoms with Crippen molar-refractivity contribution < 1.29 is 9.53 Å². The number of methoxy groups -OCH3 is 1. The maximum atomic E-state index is 12.6. The average Bonchev–Trinajstić information content (AvgIpc) is 3.12. The summed E-state index contributed by atoms with van der Waals surface area (Å²) in [6.07, 6.45) is 2.15. The van der Waals surface area contributed by atoms with Gasteiger partial charge in [0.25, 0.3) is 0 Å². The first-order valence-corrected chi connectivity index (χ1v) is 7.22. The molecule has 0 bridgehead atoms. The molecular formula is C15H20N4O2. The summed E-state index contributed by atoms with van der Waals surface area (Å²) in [5.74, 6) is 1.11. The van der Waals surface area contributed by atoms with Crippen LogP contribution >= 0.6 is 0 Å². The van der Waals surface area contributed by atoms with Crippen LogP contribution in [0.5, 0.6) is 5.75 Å². The van der Waals surface area contributed by atoms with Crippen LogP contribution < -0.4 is 10.5 Å². The molecule has 1 amide bonds. The smallest absolute Gasteiger partial charge is 0.245 e. The highest BCUT2D eigenvalue weighted by Gasteiger charge is 2.27. The number of anilines is 1. The van der Waals surface area contributed by atoms with Crippen LogP contribution in [0, 0.1) is 0 Å². The van der Waals surface area contributed by atoms with Gasteiger partial charge in [-0.1, -0.05) is 6.07 Å². The fourth-order valence-electron chi connectivity index (χ4n) is 2.99. The van der Waals surface area contributed by atoms with Crippen molar-refractivity contribution in [3.05, 3.63) is 18.2 Å². The van der Waals surface area contributed by atoms with Crippen molar-refractivity contribution in [1.82, 2.24) is 14.5 Å². The third-order valence-corrected chi connectivity index (χ3v) is 4.09. The molecule has 0 spiro atoms. The number of fused-ring (bicyclic) bond motifs is 1. The molecule has 1 aliphatic heterocycles. The predicted molar refractivity (Wildman–Crippen MR) is 81.2 cm³/mol. The fraction of sp³-hybridized carbons (Fsp3) is 0.467. The molecule has 2 aromatic rings. The lowest BCUT2D eigenvalue weighted by Gasteiger charge is -2.22. The summed E-state index contributed by atoms with van der Waals surface area (Å²) < 4.78 is 7.10. The Labute approximate surface area is 123 Å². The first kappa shape index (κ1) is 13.7. The first-order chi connectivity index (χ1) is 10.1. The van der Waals surface area contributed by atoms with E-state index in [0.29, 0.717) is 17.2 Å². The molecule has 0 saturated carbocycles. The molecule has 2 N–H and O–H groups in total. The summed E-state index contributed by atoms with van der Waals surface area (Å²) >= 11 is 0. The van der Waals surface area contributed by atoms with Gasteiger partial charge in [0.05, 0.1) is 12.6 Å². The van der Waals surface area contributed by atoms with E-state index in [9.17, 15) is 4.79 Å². The molecule has 3 rings (SSSR count). The van der Waals surface area contributed by atoms with Gasteiger partial charge in [-0.2, -0.15) is 0 Å². The number of imidazole rings is 1. The van der Waals surface area contributed by atoms with E-state index >= 15 is 0 Å². The van der Waals surface area contributed by atoms with Gasteiger partial charge in [0, 0.05) is 13.1 Å². The summed E-state index contributed by atoms with van der Waals surface area (Å²) in [5.41, 5.74) is 7.56. The number of likely N-dealkylation sites (tertiary alicyclic amines) is 1. The number of aromatic nitrogens is 2. The van der Waals surface area contributed by atoms with E-state index in [1.54, 1.807) is 11.7 Å². The highest BCUT2D eigenvalue weighted by Crippen LogP contribution is 2.30. The zero-order valence-corrected chi connectivity index (χ0v) is 12.4. The summed E-state index contributed by atoms with van der Waals surface area (Å²) in [6.45, 7) is 3.54. The van der Waals surface area contributed by atoms with Crippen LogP contribution in [0.1, 0.15) is 25.8 Å². The number of nitrogens with zero attached hydrogens (tertiary/aromatic N) is 3. The lowest BCUT2D eigenvalue weighted by Crippen LogP contribution is -2.34. The molecule has 0 radical (unpaired) electrons. The van der Waals surface area contributed by atoms with Gasteiger partial charge in [-0.15, -0.1) is 0 Å². The molecule has 1 aliphatic rings. The van der Waals surface area contributed by atoms with Gasteiger partial charge < -0.3 is 15.4 Å². The van der Waals surface area contributed by atoms with Crippen molar-refractivity contribution in [1.29, 1.82) is 0 Å².